The third kappa shape index (κ3) is 3.09. The van der Waals surface area contributed by atoms with Crippen LogP contribution in [0.4, 0.5) is 10.3 Å². The van der Waals surface area contributed by atoms with Crippen molar-refractivity contribution in [2.24, 2.45) is 0 Å². The molecule has 5 nitrogen and oxygen atoms in total. The Labute approximate surface area is 127 Å². The molecule has 0 radical (unpaired) electrons. The Balaban J connectivity index is 1.74. The molecule has 1 fully saturated rings. The van der Waals surface area contributed by atoms with Gasteiger partial charge < -0.3 is 10.2 Å². The molecule has 0 spiro atoms. The lowest BCUT2D eigenvalue weighted by atomic mass is 10.2. The van der Waals surface area contributed by atoms with E-state index >= 15 is 0 Å². The molecular weight excluding hydrogens is 290 g/mol. The summed E-state index contributed by atoms with van der Waals surface area (Å²) in [6.07, 6.45) is 5.24. The zero-order chi connectivity index (χ0) is 13.8. The Hall–Kier alpha value is -1.21. The van der Waals surface area contributed by atoms with E-state index in [0.29, 0.717) is 0 Å². The minimum Gasteiger partial charge on any atom is -0.360 e. The fourth-order valence-electron chi connectivity index (χ4n) is 2.32. The van der Waals surface area contributed by atoms with E-state index in [2.05, 4.69) is 32.7 Å². The fraction of sp³-hybridized carbons (Fsp3) is 0.615. The van der Waals surface area contributed by atoms with E-state index in [1.54, 1.807) is 22.7 Å². The lowest BCUT2D eigenvalue weighted by molar-refractivity contribution is 0.726. The molecule has 7 heteroatoms. The highest BCUT2D eigenvalue weighted by Crippen LogP contribution is 2.31. The summed E-state index contributed by atoms with van der Waals surface area (Å²) in [4.78, 5) is 7.15. The van der Waals surface area contributed by atoms with E-state index in [9.17, 15) is 0 Å². The van der Waals surface area contributed by atoms with Crippen molar-refractivity contribution in [2.45, 2.75) is 32.6 Å². The molecule has 1 N–H and O–H groups in total. The zero-order valence-corrected chi connectivity index (χ0v) is 13.3. The molecule has 108 valence electrons. The van der Waals surface area contributed by atoms with Crippen LogP contribution in [0.2, 0.25) is 0 Å². The summed E-state index contributed by atoms with van der Waals surface area (Å²) in [6.45, 7) is 5.18. The van der Waals surface area contributed by atoms with Crippen molar-refractivity contribution in [1.29, 1.82) is 0 Å². The van der Waals surface area contributed by atoms with Gasteiger partial charge in [-0.05, 0) is 19.8 Å². The molecular formula is C13H19N5S2. The minimum atomic E-state index is 0.866. The van der Waals surface area contributed by atoms with Crippen molar-refractivity contribution in [3.05, 3.63) is 5.38 Å². The van der Waals surface area contributed by atoms with Gasteiger partial charge in [-0.2, -0.15) is 0 Å². The highest BCUT2D eigenvalue weighted by molar-refractivity contribution is 7.19. The van der Waals surface area contributed by atoms with E-state index in [-0.39, 0.29) is 0 Å². The summed E-state index contributed by atoms with van der Waals surface area (Å²) in [6, 6.07) is 0. The SMILES string of the molecule is CCNc1nnc(-c2csc(N3CCCCCC3)n2)s1. The summed E-state index contributed by atoms with van der Waals surface area (Å²) < 4.78 is 0. The molecule has 1 aliphatic heterocycles. The van der Waals surface area contributed by atoms with Crippen LogP contribution in [0, 0.1) is 0 Å². The highest BCUT2D eigenvalue weighted by Gasteiger charge is 2.16. The standard InChI is InChI=1S/C13H19N5S2/c1-2-14-12-17-16-11(20-12)10-9-19-13(15-10)18-7-5-3-4-6-8-18/h9H,2-8H2,1H3,(H,14,17). The summed E-state index contributed by atoms with van der Waals surface area (Å²) in [5, 5.41) is 16.5. The normalized spacial score (nSPS) is 16.1. The Bertz CT molecular complexity index is 542. The number of thiazole rings is 1. The first-order valence-electron chi connectivity index (χ1n) is 7.15. The first-order chi connectivity index (χ1) is 9.86. The van der Waals surface area contributed by atoms with Crippen LogP contribution in [0.1, 0.15) is 32.6 Å². The Morgan fingerprint density at radius 2 is 2.00 bits per heavy atom. The lowest BCUT2D eigenvalue weighted by Crippen LogP contribution is -2.23. The maximum atomic E-state index is 4.74. The van der Waals surface area contributed by atoms with E-state index in [1.165, 1.54) is 25.7 Å². The van der Waals surface area contributed by atoms with Crippen LogP contribution in [0.3, 0.4) is 0 Å². The number of aromatic nitrogens is 3. The molecule has 20 heavy (non-hydrogen) atoms. The van der Waals surface area contributed by atoms with E-state index in [4.69, 9.17) is 4.98 Å². The number of anilines is 2. The van der Waals surface area contributed by atoms with Gasteiger partial charge in [-0.15, -0.1) is 21.5 Å². The lowest BCUT2D eigenvalue weighted by Gasteiger charge is -2.18. The molecule has 3 rings (SSSR count). The molecule has 0 aliphatic carbocycles. The van der Waals surface area contributed by atoms with Gasteiger partial charge >= 0.3 is 0 Å². The number of hydrogen-bond acceptors (Lipinski definition) is 7. The molecule has 0 bridgehead atoms. The second-order valence-corrected chi connectivity index (χ2v) is 6.67. The topological polar surface area (TPSA) is 53.9 Å². The maximum absolute atomic E-state index is 4.74. The molecule has 1 aliphatic rings. The third-order valence-corrected chi connectivity index (χ3v) is 5.15. The molecule has 1 saturated heterocycles. The van der Waals surface area contributed by atoms with Crippen LogP contribution in [0.5, 0.6) is 0 Å². The molecule has 0 atom stereocenters. The second kappa shape index (κ2) is 6.49. The summed E-state index contributed by atoms with van der Waals surface area (Å²) in [5.74, 6) is 0. The number of hydrogen-bond donors (Lipinski definition) is 1. The smallest absolute Gasteiger partial charge is 0.206 e. The van der Waals surface area contributed by atoms with Crippen molar-refractivity contribution < 1.29 is 0 Å². The van der Waals surface area contributed by atoms with Gasteiger partial charge in [-0.3, -0.25) is 0 Å². The molecule has 2 aromatic rings. The van der Waals surface area contributed by atoms with Crippen LogP contribution >= 0.6 is 22.7 Å². The quantitative estimate of drug-likeness (QED) is 0.937. The predicted octanol–water partition coefficient (Wildman–Crippen LogP) is 3.47. The second-order valence-electron chi connectivity index (χ2n) is 4.86. The predicted molar refractivity (Wildman–Crippen MR) is 85.9 cm³/mol. The molecule has 0 aromatic carbocycles. The maximum Gasteiger partial charge on any atom is 0.206 e. The molecule has 0 unspecified atom stereocenters. The molecule has 2 aromatic heterocycles. The van der Waals surface area contributed by atoms with E-state index < -0.39 is 0 Å². The Kier molecular flexibility index (Phi) is 4.47. The van der Waals surface area contributed by atoms with Crippen molar-refractivity contribution in [3.8, 4) is 10.7 Å². The average molecular weight is 309 g/mol. The molecule has 0 amide bonds. The van der Waals surface area contributed by atoms with Crippen LogP contribution in [-0.2, 0) is 0 Å². The van der Waals surface area contributed by atoms with Crippen LogP contribution in [0.15, 0.2) is 5.38 Å². The summed E-state index contributed by atoms with van der Waals surface area (Å²) in [5.41, 5.74) is 0.955. The van der Waals surface area contributed by atoms with Gasteiger partial charge in [0.1, 0.15) is 5.69 Å². The van der Waals surface area contributed by atoms with Crippen molar-refractivity contribution in [1.82, 2.24) is 15.2 Å². The Morgan fingerprint density at radius 1 is 1.20 bits per heavy atom. The number of rotatable bonds is 4. The van der Waals surface area contributed by atoms with Gasteiger partial charge in [0.25, 0.3) is 0 Å². The van der Waals surface area contributed by atoms with Crippen LogP contribution in [-0.4, -0.2) is 34.8 Å². The van der Waals surface area contributed by atoms with Gasteiger partial charge in [-0.1, -0.05) is 24.2 Å². The van der Waals surface area contributed by atoms with Gasteiger partial charge in [0.15, 0.2) is 10.1 Å². The summed E-state index contributed by atoms with van der Waals surface area (Å²) >= 11 is 3.28. The monoisotopic (exact) mass is 309 g/mol. The van der Waals surface area contributed by atoms with Gasteiger partial charge in [-0.25, -0.2) is 4.98 Å². The van der Waals surface area contributed by atoms with Crippen molar-refractivity contribution >= 4 is 32.9 Å². The minimum absolute atomic E-state index is 0.866. The largest absolute Gasteiger partial charge is 0.360 e. The van der Waals surface area contributed by atoms with E-state index in [0.717, 1.165) is 40.6 Å². The number of nitrogens with one attached hydrogen (secondary N) is 1. The first-order valence-corrected chi connectivity index (χ1v) is 8.84. The van der Waals surface area contributed by atoms with Crippen LogP contribution < -0.4 is 10.2 Å². The van der Waals surface area contributed by atoms with Gasteiger partial charge in [0, 0.05) is 25.0 Å². The Morgan fingerprint density at radius 3 is 2.75 bits per heavy atom. The fourth-order valence-corrected chi connectivity index (χ4v) is 4.03. The third-order valence-electron chi connectivity index (χ3n) is 3.34. The first kappa shape index (κ1) is 13.8. The summed E-state index contributed by atoms with van der Waals surface area (Å²) in [7, 11) is 0. The van der Waals surface area contributed by atoms with Gasteiger partial charge in [0.2, 0.25) is 5.13 Å². The number of nitrogens with zero attached hydrogens (tertiary/aromatic N) is 4. The average Bonchev–Trinajstić information content (AvgIpc) is 3.03. The molecule has 0 saturated carbocycles. The van der Waals surface area contributed by atoms with Crippen LogP contribution in [0.25, 0.3) is 10.7 Å². The zero-order valence-electron chi connectivity index (χ0n) is 11.6. The van der Waals surface area contributed by atoms with E-state index in [1.807, 2.05) is 0 Å². The highest BCUT2D eigenvalue weighted by atomic mass is 32.1. The molecule has 3 heterocycles. The van der Waals surface area contributed by atoms with Crippen molar-refractivity contribution in [2.75, 3.05) is 29.9 Å². The van der Waals surface area contributed by atoms with Gasteiger partial charge in [0.05, 0.1) is 0 Å². The van der Waals surface area contributed by atoms with Crippen molar-refractivity contribution in [3.63, 3.8) is 0 Å².